The summed E-state index contributed by atoms with van der Waals surface area (Å²) in [6.07, 6.45) is 2.95. The van der Waals surface area contributed by atoms with E-state index in [9.17, 15) is 4.79 Å². The van der Waals surface area contributed by atoms with Crippen molar-refractivity contribution in [2.24, 2.45) is 0 Å². The number of carbonyl (C=O) groups excluding carboxylic acids is 1. The van der Waals surface area contributed by atoms with Crippen LogP contribution in [0.4, 0.5) is 17.2 Å². The first kappa shape index (κ1) is 15.6. The second kappa shape index (κ2) is 5.67. The van der Waals surface area contributed by atoms with Crippen LogP contribution in [0.2, 0.25) is 0 Å². The van der Waals surface area contributed by atoms with Crippen LogP contribution in [0.5, 0.6) is 5.75 Å². The molecule has 3 heterocycles. The fourth-order valence-corrected chi connectivity index (χ4v) is 4.92. The minimum absolute atomic E-state index is 0.134. The van der Waals surface area contributed by atoms with Crippen LogP contribution in [0.1, 0.15) is 29.6 Å². The normalized spacial score (nSPS) is 18.2. The molecule has 3 aromatic rings. The van der Waals surface area contributed by atoms with Gasteiger partial charge in [0.2, 0.25) is 0 Å². The van der Waals surface area contributed by atoms with Gasteiger partial charge in [-0.3, -0.25) is 4.79 Å². The number of nitrogens with zero attached hydrogens (tertiary/aromatic N) is 2. The fourth-order valence-electron chi connectivity index (χ4n) is 3.62. The Morgan fingerprint density at radius 1 is 1.31 bits per heavy atom. The SMILES string of the molecule is Cc1nc(Nc2ccc3c(c2)NC(=O)C(C)O3)c2c3c(sc2n1)CCC3. The molecule has 1 aromatic carbocycles. The highest BCUT2D eigenvalue weighted by Crippen LogP contribution is 2.41. The van der Waals surface area contributed by atoms with Crippen LogP contribution in [0.15, 0.2) is 18.2 Å². The van der Waals surface area contributed by atoms with E-state index >= 15 is 0 Å². The monoisotopic (exact) mass is 366 g/mol. The van der Waals surface area contributed by atoms with Gasteiger partial charge in [-0.05, 0) is 56.9 Å². The zero-order valence-electron chi connectivity index (χ0n) is 14.5. The third-order valence-corrected chi connectivity index (χ3v) is 6.04. The van der Waals surface area contributed by atoms with Crippen molar-refractivity contribution in [3.8, 4) is 5.75 Å². The minimum Gasteiger partial charge on any atom is -0.479 e. The number of aromatic nitrogens is 2. The molecule has 6 nitrogen and oxygen atoms in total. The van der Waals surface area contributed by atoms with Gasteiger partial charge in [-0.15, -0.1) is 11.3 Å². The maximum Gasteiger partial charge on any atom is 0.265 e. The first-order valence-electron chi connectivity index (χ1n) is 8.76. The lowest BCUT2D eigenvalue weighted by atomic mass is 10.1. The lowest BCUT2D eigenvalue weighted by Gasteiger charge is -2.23. The molecule has 1 aliphatic carbocycles. The van der Waals surface area contributed by atoms with Crippen molar-refractivity contribution >= 4 is 44.7 Å². The number of aryl methyl sites for hydroxylation is 3. The molecule has 26 heavy (non-hydrogen) atoms. The first-order valence-corrected chi connectivity index (χ1v) is 9.57. The van der Waals surface area contributed by atoms with Crippen molar-refractivity contribution < 1.29 is 9.53 Å². The first-order chi connectivity index (χ1) is 12.6. The quantitative estimate of drug-likeness (QED) is 0.718. The molecule has 0 saturated carbocycles. The Morgan fingerprint density at radius 2 is 2.19 bits per heavy atom. The van der Waals surface area contributed by atoms with Gasteiger partial charge in [-0.1, -0.05) is 0 Å². The predicted octanol–water partition coefficient (Wildman–Crippen LogP) is 3.95. The van der Waals surface area contributed by atoms with Crippen LogP contribution >= 0.6 is 11.3 Å². The summed E-state index contributed by atoms with van der Waals surface area (Å²) in [7, 11) is 0. The van der Waals surface area contributed by atoms with E-state index in [0.29, 0.717) is 11.4 Å². The molecule has 1 amide bonds. The topological polar surface area (TPSA) is 76.1 Å². The van der Waals surface area contributed by atoms with Crippen molar-refractivity contribution in [1.29, 1.82) is 0 Å². The predicted molar refractivity (Wildman–Crippen MR) is 103 cm³/mol. The number of nitrogens with one attached hydrogen (secondary N) is 2. The molecular weight excluding hydrogens is 348 g/mol. The molecule has 132 valence electrons. The summed E-state index contributed by atoms with van der Waals surface area (Å²) in [6.45, 7) is 3.65. The average molecular weight is 366 g/mol. The van der Waals surface area contributed by atoms with Crippen LogP contribution in [0.25, 0.3) is 10.2 Å². The molecule has 1 aliphatic heterocycles. The van der Waals surface area contributed by atoms with E-state index in [2.05, 4.69) is 20.6 Å². The van der Waals surface area contributed by atoms with Crippen molar-refractivity contribution in [1.82, 2.24) is 9.97 Å². The van der Waals surface area contributed by atoms with Gasteiger partial charge in [0.05, 0.1) is 11.1 Å². The smallest absolute Gasteiger partial charge is 0.265 e. The molecule has 1 unspecified atom stereocenters. The Labute approximate surface area is 154 Å². The molecule has 0 bridgehead atoms. The van der Waals surface area contributed by atoms with E-state index in [-0.39, 0.29) is 5.91 Å². The molecule has 0 radical (unpaired) electrons. The molecule has 7 heteroatoms. The fraction of sp³-hybridized carbons (Fsp3) is 0.316. The number of fused-ring (bicyclic) bond motifs is 4. The number of thiophene rings is 1. The van der Waals surface area contributed by atoms with Gasteiger partial charge in [-0.2, -0.15) is 0 Å². The molecule has 0 fully saturated rings. The summed E-state index contributed by atoms with van der Waals surface area (Å²) in [4.78, 5) is 23.6. The Kier molecular flexibility index (Phi) is 3.40. The van der Waals surface area contributed by atoms with Gasteiger partial charge in [0.15, 0.2) is 6.10 Å². The molecule has 2 aromatic heterocycles. The lowest BCUT2D eigenvalue weighted by Crippen LogP contribution is -2.34. The highest BCUT2D eigenvalue weighted by molar-refractivity contribution is 7.19. The van der Waals surface area contributed by atoms with Crippen molar-refractivity contribution in [2.45, 2.75) is 39.2 Å². The van der Waals surface area contributed by atoms with Crippen molar-refractivity contribution in [2.75, 3.05) is 10.6 Å². The number of rotatable bonds is 2. The third kappa shape index (κ3) is 2.42. The Bertz CT molecular complexity index is 1060. The summed E-state index contributed by atoms with van der Waals surface area (Å²) in [5, 5.41) is 7.45. The lowest BCUT2D eigenvalue weighted by molar-refractivity contribution is -0.122. The van der Waals surface area contributed by atoms with E-state index in [1.807, 2.05) is 25.1 Å². The maximum atomic E-state index is 11.9. The van der Waals surface area contributed by atoms with Crippen LogP contribution in [0.3, 0.4) is 0 Å². The summed E-state index contributed by atoms with van der Waals surface area (Å²) < 4.78 is 5.62. The zero-order valence-corrected chi connectivity index (χ0v) is 15.4. The van der Waals surface area contributed by atoms with Crippen LogP contribution in [0, 0.1) is 6.92 Å². The largest absolute Gasteiger partial charge is 0.479 e. The number of amides is 1. The van der Waals surface area contributed by atoms with Crippen LogP contribution < -0.4 is 15.4 Å². The van der Waals surface area contributed by atoms with Crippen LogP contribution in [-0.4, -0.2) is 22.0 Å². The molecule has 5 rings (SSSR count). The highest BCUT2D eigenvalue weighted by Gasteiger charge is 2.25. The van der Waals surface area contributed by atoms with Gasteiger partial charge in [0.1, 0.15) is 22.2 Å². The van der Waals surface area contributed by atoms with Gasteiger partial charge in [-0.25, -0.2) is 9.97 Å². The number of ether oxygens (including phenoxy) is 1. The maximum absolute atomic E-state index is 11.9. The van der Waals surface area contributed by atoms with Gasteiger partial charge < -0.3 is 15.4 Å². The molecule has 1 atom stereocenters. The number of benzene rings is 1. The van der Waals surface area contributed by atoms with Crippen molar-refractivity contribution in [3.63, 3.8) is 0 Å². The number of anilines is 3. The Hall–Kier alpha value is -2.67. The van der Waals surface area contributed by atoms with E-state index in [1.165, 1.54) is 16.9 Å². The van der Waals surface area contributed by atoms with E-state index in [0.717, 1.165) is 40.4 Å². The second-order valence-corrected chi connectivity index (χ2v) is 7.83. The van der Waals surface area contributed by atoms with E-state index in [1.54, 1.807) is 18.3 Å². The van der Waals surface area contributed by atoms with Gasteiger partial charge in [0, 0.05) is 10.6 Å². The summed E-state index contributed by atoms with van der Waals surface area (Å²) in [5.74, 6) is 2.14. The zero-order chi connectivity index (χ0) is 17.8. The molecular formula is C19H18N4O2S. The number of hydrogen-bond acceptors (Lipinski definition) is 6. The average Bonchev–Trinajstić information content (AvgIpc) is 3.16. The van der Waals surface area contributed by atoms with Gasteiger partial charge >= 0.3 is 0 Å². The van der Waals surface area contributed by atoms with Crippen molar-refractivity contribution in [3.05, 3.63) is 34.5 Å². The summed E-state index contributed by atoms with van der Waals surface area (Å²) in [5.41, 5.74) is 2.92. The molecule has 0 spiro atoms. The van der Waals surface area contributed by atoms with Gasteiger partial charge in [0.25, 0.3) is 5.91 Å². The summed E-state index contributed by atoms with van der Waals surface area (Å²) in [6, 6.07) is 5.70. The third-order valence-electron chi connectivity index (χ3n) is 4.85. The van der Waals surface area contributed by atoms with Crippen LogP contribution in [-0.2, 0) is 17.6 Å². The Morgan fingerprint density at radius 3 is 3.08 bits per heavy atom. The summed E-state index contributed by atoms with van der Waals surface area (Å²) >= 11 is 1.78. The van der Waals surface area contributed by atoms with E-state index in [4.69, 9.17) is 4.74 Å². The highest BCUT2D eigenvalue weighted by atomic mass is 32.1. The standard InChI is InChI=1S/C19H18N4O2S/c1-9-18(24)23-13-8-11(6-7-14(13)25-9)22-17-16-12-4-3-5-15(12)26-19(16)21-10(2)20-17/h6-9H,3-5H2,1-2H3,(H,23,24)(H,20,21,22). The number of hydrogen-bond donors (Lipinski definition) is 2. The van der Waals surface area contributed by atoms with E-state index < -0.39 is 6.10 Å². The number of carbonyl (C=O) groups is 1. The second-order valence-electron chi connectivity index (χ2n) is 6.74. The molecule has 2 N–H and O–H groups in total. The molecule has 0 saturated heterocycles. The molecule has 2 aliphatic rings. The minimum atomic E-state index is -0.473. The Balaban J connectivity index is 1.56.